The van der Waals surface area contributed by atoms with Crippen LogP contribution in [0, 0.1) is 0 Å². The van der Waals surface area contributed by atoms with Crippen LogP contribution >= 0.6 is 0 Å². The van der Waals surface area contributed by atoms with Gasteiger partial charge in [0, 0.05) is 55.9 Å². The van der Waals surface area contributed by atoms with E-state index >= 15 is 0 Å². The monoisotopic (exact) mass is 273 g/mol. The maximum absolute atomic E-state index is 4.53. The van der Waals surface area contributed by atoms with Crippen molar-refractivity contribution in [1.29, 1.82) is 0 Å². The molecule has 0 amide bonds. The molecular weight excluding hydrogens is 250 g/mol. The van der Waals surface area contributed by atoms with Gasteiger partial charge in [0.25, 0.3) is 0 Å². The van der Waals surface area contributed by atoms with E-state index in [1.165, 1.54) is 12.8 Å². The van der Waals surface area contributed by atoms with Crippen LogP contribution in [0.4, 0.5) is 5.95 Å². The number of hydrogen-bond acceptors (Lipinski definition) is 5. The van der Waals surface area contributed by atoms with Gasteiger partial charge in [0.05, 0.1) is 0 Å². The van der Waals surface area contributed by atoms with E-state index in [1.54, 1.807) is 0 Å². The Bertz CT molecular complexity index is 466. The van der Waals surface area contributed by atoms with Gasteiger partial charge in [0.1, 0.15) is 0 Å². The average molecular weight is 273 g/mol. The van der Waals surface area contributed by atoms with Gasteiger partial charge < -0.3 is 15.1 Å². The number of aromatic nitrogens is 2. The minimum atomic E-state index is 0.627. The molecule has 0 aromatic carbocycles. The third-order valence-corrected chi connectivity index (χ3v) is 4.22. The summed E-state index contributed by atoms with van der Waals surface area (Å²) in [7, 11) is 2.05. The fourth-order valence-electron chi connectivity index (χ4n) is 2.72. The van der Waals surface area contributed by atoms with Crippen LogP contribution in [-0.4, -0.2) is 54.1 Å². The van der Waals surface area contributed by atoms with Gasteiger partial charge in [0.15, 0.2) is 0 Å². The second kappa shape index (κ2) is 5.79. The first-order chi connectivity index (χ1) is 9.78. The first-order valence-corrected chi connectivity index (χ1v) is 7.46. The molecule has 0 spiro atoms. The van der Waals surface area contributed by atoms with Gasteiger partial charge in [-0.05, 0) is 26.3 Å². The van der Waals surface area contributed by atoms with E-state index < -0.39 is 0 Å². The standard InChI is InChI=1S/C15H23N5/c1-12(19-8-9-19)13-10-17-15(18-11-13)20-6-3-4-14(16-2)5-7-20/h10-11,14,16H,1,3-9H2,2H3. The highest BCUT2D eigenvalue weighted by Gasteiger charge is 2.21. The number of nitrogens with zero attached hydrogens (tertiary/aromatic N) is 4. The predicted octanol–water partition coefficient (Wildman–Crippen LogP) is 1.34. The summed E-state index contributed by atoms with van der Waals surface area (Å²) < 4.78 is 0. The minimum absolute atomic E-state index is 0.627. The maximum atomic E-state index is 4.53. The highest BCUT2D eigenvalue weighted by atomic mass is 15.3. The second-order valence-electron chi connectivity index (χ2n) is 5.61. The molecule has 5 heteroatoms. The van der Waals surface area contributed by atoms with Crippen LogP contribution in [-0.2, 0) is 0 Å². The van der Waals surface area contributed by atoms with E-state index in [0.717, 1.165) is 49.8 Å². The zero-order valence-corrected chi connectivity index (χ0v) is 12.2. The Labute approximate surface area is 120 Å². The number of nitrogens with one attached hydrogen (secondary N) is 1. The van der Waals surface area contributed by atoms with Crippen LogP contribution in [0.3, 0.4) is 0 Å². The Balaban J connectivity index is 1.66. The lowest BCUT2D eigenvalue weighted by molar-refractivity contribution is 0.512. The third-order valence-electron chi connectivity index (χ3n) is 4.22. The molecule has 2 aliphatic rings. The average Bonchev–Trinajstić information content (AvgIpc) is 3.33. The lowest BCUT2D eigenvalue weighted by Crippen LogP contribution is -2.29. The second-order valence-corrected chi connectivity index (χ2v) is 5.61. The molecule has 0 bridgehead atoms. The first kappa shape index (κ1) is 13.4. The minimum Gasteiger partial charge on any atom is -0.368 e. The first-order valence-electron chi connectivity index (χ1n) is 7.46. The molecule has 0 radical (unpaired) electrons. The van der Waals surface area contributed by atoms with Crippen molar-refractivity contribution >= 4 is 11.6 Å². The molecule has 1 aromatic heterocycles. The summed E-state index contributed by atoms with van der Waals surface area (Å²) in [6.45, 7) is 8.38. The van der Waals surface area contributed by atoms with E-state index in [0.29, 0.717) is 6.04 Å². The van der Waals surface area contributed by atoms with Crippen LogP contribution in [0.1, 0.15) is 24.8 Å². The third kappa shape index (κ3) is 2.93. The van der Waals surface area contributed by atoms with Gasteiger partial charge in [-0.25, -0.2) is 9.97 Å². The topological polar surface area (TPSA) is 44.1 Å². The van der Waals surface area contributed by atoms with E-state index in [-0.39, 0.29) is 0 Å². The Hall–Kier alpha value is -1.62. The molecular formula is C15H23N5. The van der Waals surface area contributed by atoms with Gasteiger partial charge in [-0.1, -0.05) is 6.58 Å². The molecule has 108 valence electrons. The quantitative estimate of drug-likeness (QED) is 0.839. The maximum Gasteiger partial charge on any atom is 0.225 e. The van der Waals surface area contributed by atoms with E-state index in [4.69, 9.17) is 0 Å². The Morgan fingerprint density at radius 2 is 1.95 bits per heavy atom. The molecule has 5 nitrogen and oxygen atoms in total. The number of hydrogen-bond donors (Lipinski definition) is 1. The SMILES string of the molecule is C=C(c1cnc(N2CCCC(NC)CC2)nc1)N1CC1. The van der Waals surface area contributed by atoms with Crippen molar-refractivity contribution in [2.45, 2.75) is 25.3 Å². The molecule has 1 unspecified atom stereocenters. The van der Waals surface area contributed by atoms with Gasteiger partial charge in [0.2, 0.25) is 5.95 Å². The Kier molecular flexibility index (Phi) is 3.87. The largest absolute Gasteiger partial charge is 0.368 e. The van der Waals surface area contributed by atoms with Crippen molar-refractivity contribution in [3.63, 3.8) is 0 Å². The molecule has 2 aliphatic heterocycles. The normalized spacial score (nSPS) is 22.6. The van der Waals surface area contributed by atoms with E-state index in [2.05, 4.69) is 31.7 Å². The summed E-state index contributed by atoms with van der Waals surface area (Å²) in [5, 5.41) is 3.37. The summed E-state index contributed by atoms with van der Waals surface area (Å²) in [5.41, 5.74) is 2.08. The molecule has 20 heavy (non-hydrogen) atoms. The molecule has 2 fully saturated rings. The smallest absolute Gasteiger partial charge is 0.225 e. The van der Waals surface area contributed by atoms with E-state index in [9.17, 15) is 0 Å². The lowest BCUT2D eigenvalue weighted by atomic mass is 10.1. The molecule has 2 saturated heterocycles. The van der Waals surface area contributed by atoms with Crippen LogP contribution in [0.15, 0.2) is 19.0 Å². The summed E-state index contributed by atoms with van der Waals surface area (Å²) in [6, 6.07) is 0.627. The Morgan fingerprint density at radius 3 is 2.60 bits per heavy atom. The predicted molar refractivity (Wildman–Crippen MR) is 81.6 cm³/mol. The van der Waals surface area contributed by atoms with Crippen molar-refractivity contribution in [2.24, 2.45) is 0 Å². The summed E-state index contributed by atoms with van der Waals surface area (Å²) in [5.74, 6) is 0.851. The van der Waals surface area contributed by atoms with Gasteiger partial charge in [-0.3, -0.25) is 0 Å². The molecule has 3 heterocycles. The van der Waals surface area contributed by atoms with Crippen LogP contribution in [0.2, 0.25) is 0 Å². The van der Waals surface area contributed by atoms with Crippen LogP contribution in [0.5, 0.6) is 0 Å². The number of rotatable bonds is 4. The van der Waals surface area contributed by atoms with E-state index in [1.807, 2.05) is 19.4 Å². The zero-order chi connectivity index (χ0) is 13.9. The number of anilines is 1. The van der Waals surface area contributed by atoms with Gasteiger partial charge >= 0.3 is 0 Å². The molecule has 0 aliphatic carbocycles. The van der Waals surface area contributed by atoms with Gasteiger partial charge in [-0.15, -0.1) is 0 Å². The van der Waals surface area contributed by atoms with Crippen LogP contribution in [0.25, 0.3) is 5.70 Å². The van der Waals surface area contributed by atoms with Crippen LogP contribution < -0.4 is 10.2 Å². The summed E-state index contributed by atoms with van der Waals surface area (Å²) in [4.78, 5) is 13.6. The molecule has 1 atom stereocenters. The molecule has 3 rings (SSSR count). The lowest BCUT2D eigenvalue weighted by Gasteiger charge is -2.20. The van der Waals surface area contributed by atoms with Crippen molar-refractivity contribution in [2.75, 3.05) is 38.1 Å². The van der Waals surface area contributed by atoms with Gasteiger partial charge in [-0.2, -0.15) is 0 Å². The fraction of sp³-hybridized carbons (Fsp3) is 0.600. The molecule has 1 N–H and O–H groups in total. The van der Waals surface area contributed by atoms with Crippen molar-refractivity contribution in [3.05, 3.63) is 24.5 Å². The summed E-state index contributed by atoms with van der Waals surface area (Å²) in [6.07, 6.45) is 7.39. The Morgan fingerprint density at radius 1 is 1.20 bits per heavy atom. The highest BCUT2D eigenvalue weighted by molar-refractivity contribution is 5.62. The zero-order valence-electron chi connectivity index (χ0n) is 12.2. The van der Waals surface area contributed by atoms with Crippen molar-refractivity contribution in [3.8, 4) is 0 Å². The van der Waals surface area contributed by atoms with Crippen molar-refractivity contribution in [1.82, 2.24) is 20.2 Å². The molecule has 1 aromatic rings. The fourth-order valence-corrected chi connectivity index (χ4v) is 2.72. The molecule has 0 saturated carbocycles. The summed E-state index contributed by atoms with van der Waals surface area (Å²) >= 11 is 0. The van der Waals surface area contributed by atoms with Crippen molar-refractivity contribution < 1.29 is 0 Å². The highest BCUT2D eigenvalue weighted by Crippen LogP contribution is 2.23.